The first kappa shape index (κ1) is 15.1. The Morgan fingerprint density at radius 1 is 1.55 bits per heavy atom. The first-order valence-electron chi connectivity index (χ1n) is 7.31. The summed E-state index contributed by atoms with van der Waals surface area (Å²) in [6.45, 7) is 6.69. The fourth-order valence-corrected chi connectivity index (χ4v) is 2.65. The smallest absolute Gasteiger partial charge is 0.274 e. The normalized spacial score (nSPS) is 18.9. The SMILES string of the molecule is CCCNc1ccc(Cl)c(C(=O)N2CCCC(C)C2)n1. The molecule has 2 heterocycles. The summed E-state index contributed by atoms with van der Waals surface area (Å²) in [5, 5.41) is 3.61. The van der Waals surface area contributed by atoms with Gasteiger partial charge in [0, 0.05) is 19.6 Å². The van der Waals surface area contributed by atoms with Gasteiger partial charge in [-0.2, -0.15) is 0 Å². The maximum Gasteiger partial charge on any atom is 0.274 e. The minimum atomic E-state index is -0.0540. The average molecular weight is 296 g/mol. The van der Waals surface area contributed by atoms with E-state index < -0.39 is 0 Å². The van der Waals surface area contributed by atoms with E-state index in [-0.39, 0.29) is 5.91 Å². The topological polar surface area (TPSA) is 45.2 Å². The monoisotopic (exact) mass is 295 g/mol. The molecule has 0 aromatic carbocycles. The van der Waals surface area contributed by atoms with Crippen LogP contribution in [0, 0.1) is 5.92 Å². The zero-order valence-electron chi connectivity index (χ0n) is 12.2. The summed E-state index contributed by atoms with van der Waals surface area (Å²) < 4.78 is 0. The van der Waals surface area contributed by atoms with Crippen LogP contribution >= 0.6 is 11.6 Å². The molecule has 4 nitrogen and oxygen atoms in total. The summed E-state index contributed by atoms with van der Waals surface area (Å²) in [6, 6.07) is 3.56. The number of nitrogens with one attached hydrogen (secondary N) is 1. The van der Waals surface area contributed by atoms with Crippen molar-refractivity contribution < 1.29 is 4.79 Å². The molecule has 20 heavy (non-hydrogen) atoms. The molecule has 1 unspecified atom stereocenters. The summed E-state index contributed by atoms with van der Waals surface area (Å²) in [5.41, 5.74) is 0.363. The van der Waals surface area contributed by atoms with Gasteiger partial charge < -0.3 is 10.2 Å². The average Bonchev–Trinajstić information content (AvgIpc) is 2.45. The van der Waals surface area contributed by atoms with Crippen LogP contribution in [0.15, 0.2) is 12.1 Å². The number of aromatic nitrogens is 1. The summed E-state index contributed by atoms with van der Waals surface area (Å²) in [4.78, 5) is 18.8. The number of carbonyl (C=O) groups excluding carboxylic acids is 1. The molecule has 1 aromatic rings. The second kappa shape index (κ2) is 6.93. The summed E-state index contributed by atoms with van der Waals surface area (Å²) in [6.07, 6.45) is 3.25. The maximum absolute atomic E-state index is 12.5. The molecule has 0 bridgehead atoms. The number of rotatable bonds is 4. The Morgan fingerprint density at radius 3 is 3.05 bits per heavy atom. The van der Waals surface area contributed by atoms with Crippen molar-refractivity contribution in [3.63, 3.8) is 0 Å². The Kier molecular flexibility index (Phi) is 5.24. The molecule has 1 aliphatic rings. The van der Waals surface area contributed by atoms with E-state index in [1.165, 1.54) is 6.42 Å². The minimum absolute atomic E-state index is 0.0540. The molecule has 5 heteroatoms. The van der Waals surface area contributed by atoms with Gasteiger partial charge in [0.25, 0.3) is 5.91 Å². The molecule has 1 N–H and O–H groups in total. The zero-order valence-corrected chi connectivity index (χ0v) is 12.9. The third-order valence-corrected chi connectivity index (χ3v) is 3.85. The van der Waals surface area contributed by atoms with E-state index in [2.05, 4.69) is 24.1 Å². The van der Waals surface area contributed by atoms with Crippen LogP contribution in [0.4, 0.5) is 5.82 Å². The number of hydrogen-bond acceptors (Lipinski definition) is 3. The van der Waals surface area contributed by atoms with Crippen LogP contribution in [0.3, 0.4) is 0 Å². The van der Waals surface area contributed by atoms with Gasteiger partial charge in [-0.3, -0.25) is 4.79 Å². The van der Waals surface area contributed by atoms with E-state index in [1.807, 2.05) is 11.0 Å². The first-order valence-corrected chi connectivity index (χ1v) is 7.69. The van der Waals surface area contributed by atoms with Crippen LogP contribution in [0.25, 0.3) is 0 Å². The summed E-state index contributed by atoms with van der Waals surface area (Å²) in [7, 11) is 0. The number of amides is 1. The van der Waals surface area contributed by atoms with Crippen molar-refractivity contribution in [3.8, 4) is 0 Å². The number of carbonyl (C=O) groups is 1. The fraction of sp³-hybridized carbons (Fsp3) is 0.600. The van der Waals surface area contributed by atoms with Gasteiger partial charge in [-0.25, -0.2) is 4.98 Å². The van der Waals surface area contributed by atoms with Crippen molar-refractivity contribution in [2.24, 2.45) is 5.92 Å². The van der Waals surface area contributed by atoms with Crippen LogP contribution in [-0.2, 0) is 0 Å². The van der Waals surface area contributed by atoms with Gasteiger partial charge in [-0.05, 0) is 37.3 Å². The van der Waals surface area contributed by atoms with Crippen LogP contribution < -0.4 is 5.32 Å². The summed E-state index contributed by atoms with van der Waals surface area (Å²) in [5.74, 6) is 1.21. The highest BCUT2D eigenvalue weighted by molar-refractivity contribution is 6.33. The zero-order chi connectivity index (χ0) is 14.5. The van der Waals surface area contributed by atoms with Crippen molar-refractivity contribution >= 4 is 23.3 Å². The van der Waals surface area contributed by atoms with Gasteiger partial charge in [0.15, 0.2) is 0 Å². The largest absolute Gasteiger partial charge is 0.370 e. The van der Waals surface area contributed by atoms with Crippen LogP contribution in [0.5, 0.6) is 0 Å². The summed E-state index contributed by atoms with van der Waals surface area (Å²) >= 11 is 6.14. The van der Waals surface area contributed by atoms with E-state index >= 15 is 0 Å². The predicted octanol–water partition coefficient (Wildman–Crippen LogP) is 3.43. The van der Waals surface area contributed by atoms with E-state index in [0.29, 0.717) is 22.5 Å². The first-order chi connectivity index (χ1) is 9.61. The van der Waals surface area contributed by atoms with Crippen molar-refractivity contribution in [2.45, 2.75) is 33.1 Å². The van der Waals surface area contributed by atoms with Gasteiger partial charge in [0.2, 0.25) is 0 Å². The van der Waals surface area contributed by atoms with E-state index in [4.69, 9.17) is 11.6 Å². The number of likely N-dealkylation sites (tertiary alicyclic amines) is 1. The maximum atomic E-state index is 12.5. The van der Waals surface area contributed by atoms with E-state index in [1.54, 1.807) is 6.07 Å². The number of pyridine rings is 1. The second-order valence-electron chi connectivity index (χ2n) is 5.45. The number of nitrogens with zero attached hydrogens (tertiary/aromatic N) is 2. The van der Waals surface area contributed by atoms with Gasteiger partial charge in [0.1, 0.15) is 11.5 Å². The van der Waals surface area contributed by atoms with Gasteiger partial charge in [0.05, 0.1) is 5.02 Å². The van der Waals surface area contributed by atoms with Crippen molar-refractivity contribution in [3.05, 3.63) is 22.8 Å². The van der Waals surface area contributed by atoms with E-state index in [9.17, 15) is 4.79 Å². The Balaban J connectivity index is 2.15. The molecular formula is C15H22ClN3O. The highest BCUT2D eigenvalue weighted by Crippen LogP contribution is 2.22. The predicted molar refractivity (Wildman–Crippen MR) is 82.3 cm³/mol. The van der Waals surface area contributed by atoms with Crippen molar-refractivity contribution in [1.82, 2.24) is 9.88 Å². The quantitative estimate of drug-likeness (QED) is 0.925. The molecule has 0 aliphatic carbocycles. The molecule has 1 aliphatic heterocycles. The molecular weight excluding hydrogens is 274 g/mol. The fourth-order valence-electron chi connectivity index (χ4n) is 2.47. The third-order valence-electron chi connectivity index (χ3n) is 3.55. The van der Waals surface area contributed by atoms with E-state index in [0.717, 1.165) is 32.5 Å². The molecule has 1 amide bonds. The lowest BCUT2D eigenvalue weighted by Gasteiger charge is -2.30. The molecule has 0 saturated carbocycles. The highest BCUT2D eigenvalue weighted by atomic mass is 35.5. The third kappa shape index (κ3) is 3.63. The van der Waals surface area contributed by atoms with Gasteiger partial charge >= 0.3 is 0 Å². The number of halogens is 1. The molecule has 110 valence electrons. The Labute approximate surface area is 125 Å². The lowest BCUT2D eigenvalue weighted by atomic mass is 10.00. The van der Waals surface area contributed by atoms with Crippen LogP contribution in [-0.4, -0.2) is 35.4 Å². The van der Waals surface area contributed by atoms with Crippen molar-refractivity contribution in [2.75, 3.05) is 25.0 Å². The van der Waals surface area contributed by atoms with Crippen LogP contribution in [0.1, 0.15) is 43.6 Å². The molecule has 1 aromatic heterocycles. The molecule has 2 rings (SSSR count). The Morgan fingerprint density at radius 2 is 2.35 bits per heavy atom. The van der Waals surface area contributed by atoms with Gasteiger partial charge in [-0.1, -0.05) is 25.4 Å². The lowest BCUT2D eigenvalue weighted by molar-refractivity contribution is 0.0677. The number of piperidine rings is 1. The van der Waals surface area contributed by atoms with Crippen molar-refractivity contribution in [1.29, 1.82) is 0 Å². The lowest BCUT2D eigenvalue weighted by Crippen LogP contribution is -2.39. The Hall–Kier alpha value is -1.29. The molecule has 1 atom stereocenters. The second-order valence-corrected chi connectivity index (χ2v) is 5.86. The van der Waals surface area contributed by atoms with Crippen LogP contribution in [0.2, 0.25) is 5.02 Å². The standard InChI is InChI=1S/C15H22ClN3O/c1-3-8-17-13-7-6-12(16)14(18-13)15(20)19-9-4-5-11(2)10-19/h6-7,11H,3-5,8-10H2,1-2H3,(H,17,18). The Bertz CT molecular complexity index is 478. The molecule has 1 saturated heterocycles. The molecule has 0 radical (unpaired) electrons. The number of hydrogen-bond donors (Lipinski definition) is 1. The highest BCUT2D eigenvalue weighted by Gasteiger charge is 2.24. The molecule has 1 fully saturated rings. The number of anilines is 1. The van der Waals surface area contributed by atoms with Gasteiger partial charge in [-0.15, -0.1) is 0 Å². The molecule has 0 spiro atoms. The minimum Gasteiger partial charge on any atom is -0.370 e.